The molecule has 0 aliphatic carbocycles. The van der Waals surface area contributed by atoms with Crippen molar-refractivity contribution in [3.63, 3.8) is 0 Å². The molecule has 4 heteroatoms. The number of carbonyl (C=O) groups is 1. The van der Waals surface area contributed by atoms with Gasteiger partial charge in [-0.05, 0) is 60.8 Å². The van der Waals surface area contributed by atoms with Crippen LogP contribution >= 0.6 is 22.6 Å². The number of hydrogen-bond donors (Lipinski definition) is 1. The van der Waals surface area contributed by atoms with Crippen molar-refractivity contribution in [3.8, 4) is 0 Å². The first kappa shape index (κ1) is 15.4. The first-order chi connectivity index (χ1) is 8.69. The molecule has 100 valence electrons. The van der Waals surface area contributed by atoms with E-state index in [4.69, 9.17) is 0 Å². The van der Waals surface area contributed by atoms with Crippen molar-refractivity contribution in [2.75, 3.05) is 26.2 Å². The molecule has 0 aliphatic rings. The standard InChI is InChI=1S/C14H21IN2O/c1-3-17(4-2)11-7-10-16-14(18)12-8-5-6-9-13(12)15/h5-6,8-9H,3-4,7,10-11H2,1-2H3,(H,16,18). The van der Waals surface area contributed by atoms with E-state index in [0.717, 1.165) is 41.7 Å². The van der Waals surface area contributed by atoms with Crippen molar-refractivity contribution in [1.29, 1.82) is 0 Å². The van der Waals surface area contributed by atoms with E-state index in [-0.39, 0.29) is 5.91 Å². The molecule has 0 heterocycles. The van der Waals surface area contributed by atoms with Gasteiger partial charge in [-0.2, -0.15) is 0 Å². The molecule has 0 aromatic heterocycles. The number of carbonyl (C=O) groups excluding carboxylic acids is 1. The number of benzene rings is 1. The lowest BCUT2D eigenvalue weighted by molar-refractivity contribution is 0.0951. The fourth-order valence-corrected chi connectivity index (χ4v) is 2.42. The first-order valence-corrected chi connectivity index (χ1v) is 7.52. The lowest BCUT2D eigenvalue weighted by Gasteiger charge is -2.17. The van der Waals surface area contributed by atoms with E-state index in [1.807, 2.05) is 24.3 Å². The molecular weight excluding hydrogens is 339 g/mol. The summed E-state index contributed by atoms with van der Waals surface area (Å²) in [5, 5.41) is 2.97. The summed E-state index contributed by atoms with van der Waals surface area (Å²) in [6.07, 6.45) is 0.997. The molecular formula is C14H21IN2O. The van der Waals surface area contributed by atoms with Crippen LogP contribution in [0.1, 0.15) is 30.6 Å². The summed E-state index contributed by atoms with van der Waals surface area (Å²) in [5.74, 6) is 0.0274. The molecule has 0 saturated heterocycles. The Bertz CT molecular complexity index is 378. The molecule has 0 fully saturated rings. The Balaban J connectivity index is 2.32. The summed E-state index contributed by atoms with van der Waals surface area (Å²) in [5.41, 5.74) is 0.765. The van der Waals surface area contributed by atoms with Crippen LogP contribution in [0, 0.1) is 3.57 Å². The molecule has 3 nitrogen and oxygen atoms in total. The van der Waals surface area contributed by atoms with Crippen molar-refractivity contribution in [2.24, 2.45) is 0 Å². The number of halogens is 1. The van der Waals surface area contributed by atoms with Gasteiger partial charge in [0.15, 0.2) is 0 Å². The normalized spacial score (nSPS) is 10.7. The Morgan fingerprint density at radius 3 is 2.56 bits per heavy atom. The third kappa shape index (κ3) is 4.94. The average molecular weight is 360 g/mol. The maximum absolute atomic E-state index is 11.9. The molecule has 0 aliphatic heterocycles. The molecule has 18 heavy (non-hydrogen) atoms. The second-order valence-electron chi connectivity index (χ2n) is 4.12. The number of hydrogen-bond acceptors (Lipinski definition) is 2. The van der Waals surface area contributed by atoms with E-state index >= 15 is 0 Å². The van der Waals surface area contributed by atoms with Crippen LogP contribution in [-0.4, -0.2) is 37.0 Å². The lowest BCUT2D eigenvalue weighted by atomic mass is 10.2. The molecule has 1 rings (SSSR count). The van der Waals surface area contributed by atoms with Crippen LogP contribution < -0.4 is 5.32 Å². The smallest absolute Gasteiger partial charge is 0.252 e. The Morgan fingerprint density at radius 2 is 1.94 bits per heavy atom. The van der Waals surface area contributed by atoms with Gasteiger partial charge < -0.3 is 10.2 Å². The van der Waals surface area contributed by atoms with Crippen LogP contribution in [0.5, 0.6) is 0 Å². The summed E-state index contributed by atoms with van der Waals surface area (Å²) < 4.78 is 0.997. The van der Waals surface area contributed by atoms with E-state index in [1.165, 1.54) is 0 Å². The van der Waals surface area contributed by atoms with E-state index in [0.29, 0.717) is 0 Å². The maximum atomic E-state index is 11.9. The molecule has 0 bridgehead atoms. The Morgan fingerprint density at radius 1 is 1.28 bits per heavy atom. The highest BCUT2D eigenvalue weighted by Gasteiger charge is 2.08. The van der Waals surface area contributed by atoms with Crippen molar-refractivity contribution < 1.29 is 4.79 Å². The van der Waals surface area contributed by atoms with E-state index in [9.17, 15) is 4.79 Å². The number of amides is 1. The van der Waals surface area contributed by atoms with Gasteiger partial charge in [-0.15, -0.1) is 0 Å². The second-order valence-corrected chi connectivity index (χ2v) is 5.28. The van der Waals surface area contributed by atoms with Crippen LogP contribution in [0.4, 0.5) is 0 Å². The third-order valence-corrected chi connectivity index (χ3v) is 3.89. The van der Waals surface area contributed by atoms with Gasteiger partial charge in [0.05, 0.1) is 5.56 Å². The summed E-state index contributed by atoms with van der Waals surface area (Å²) >= 11 is 2.19. The van der Waals surface area contributed by atoms with E-state index in [1.54, 1.807) is 0 Å². The number of nitrogens with zero attached hydrogens (tertiary/aromatic N) is 1. The van der Waals surface area contributed by atoms with Crippen molar-refractivity contribution in [2.45, 2.75) is 20.3 Å². The monoisotopic (exact) mass is 360 g/mol. The number of nitrogens with one attached hydrogen (secondary N) is 1. The Kier molecular flexibility index (Phi) is 7.27. The first-order valence-electron chi connectivity index (χ1n) is 6.44. The van der Waals surface area contributed by atoms with Gasteiger partial charge in [-0.25, -0.2) is 0 Å². The summed E-state index contributed by atoms with van der Waals surface area (Å²) in [7, 11) is 0. The Hall–Kier alpha value is -0.620. The highest BCUT2D eigenvalue weighted by molar-refractivity contribution is 14.1. The zero-order chi connectivity index (χ0) is 13.4. The average Bonchev–Trinajstić information content (AvgIpc) is 2.39. The van der Waals surface area contributed by atoms with Crippen LogP contribution in [0.25, 0.3) is 0 Å². The second kappa shape index (κ2) is 8.48. The molecule has 1 aromatic carbocycles. The van der Waals surface area contributed by atoms with Gasteiger partial charge >= 0.3 is 0 Å². The lowest BCUT2D eigenvalue weighted by Crippen LogP contribution is -2.30. The zero-order valence-corrected chi connectivity index (χ0v) is 13.2. The molecule has 0 unspecified atom stereocenters. The fraction of sp³-hybridized carbons (Fsp3) is 0.500. The van der Waals surface area contributed by atoms with Crippen molar-refractivity contribution in [1.82, 2.24) is 10.2 Å². The van der Waals surface area contributed by atoms with Crippen LogP contribution in [0.3, 0.4) is 0 Å². The minimum atomic E-state index is 0.0274. The molecule has 0 atom stereocenters. The predicted molar refractivity (Wildman–Crippen MR) is 83.9 cm³/mol. The summed E-state index contributed by atoms with van der Waals surface area (Å²) in [6.45, 7) is 8.24. The molecule has 0 saturated carbocycles. The topological polar surface area (TPSA) is 32.3 Å². The molecule has 1 N–H and O–H groups in total. The highest BCUT2D eigenvalue weighted by atomic mass is 127. The van der Waals surface area contributed by atoms with Crippen LogP contribution in [0.15, 0.2) is 24.3 Å². The van der Waals surface area contributed by atoms with Gasteiger partial charge in [0.25, 0.3) is 5.91 Å². The van der Waals surface area contributed by atoms with Gasteiger partial charge in [0.1, 0.15) is 0 Å². The van der Waals surface area contributed by atoms with Crippen molar-refractivity contribution in [3.05, 3.63) is 33.4 Å². The van der Waals surface area contributed by atoms with Gasteiger partial charge in [0, 0.05) is 10.1 Å². The van der Waals surface area contributed by atoms with Crippen LogP contribution in [-0.2, 0) is 0 Å². The molecule has 0 spiro atoms. The fourth-order valence-electron chi connectivity index (χ4n) is 1.78. The largest absolute Gasteiger partial charge is 0.352 e. The predicted octanol–water partition coefficient (Wildman–Crippen LogP) is 2.75. The summed E-state index contributed by atoms with van der Waals surface area (Å²) in [6, 6.07) is 7.65. The quantitative estimate of drug-likeness (QED) is 0.599. The van der Waals surface area contributed by atoms with E-state index in [2.05, 4.69) is 46.7 Å². The van der Waals surface area contributed by atoms with Gasteiger partial charge in [0.2, 0.25) is 0 Å². The Labute approximate surface area is 123 Å². The zero-order valence-electron chi connectivity index (χ0n) is 11.1. The van der Waals surface area contributed by atoms with Crippen LogP contribution in [0.2, 0.25) is 0 Å². The minimum absolute atomic E-state index is 0.0274. The number of rotatable bonds is 7. The summed E-state index contributed by atoms with van der Waals surface area (Å²) in [4.78, 5) is 14.3. The maximum Gasteiger partial charge on any atom is 0.252 e. The third-order valence-electron chi connectivity index (χ3n) is 2.95. The minimum Gasteiger partial charge on any atom is -0.352 e. The van der Waals surface area contributed by atoms with Gasteiger partial charge in [-0.1, -0.05) is 26.0 Å². The molecule has 0 radical (unpaired) electrons. The highest BCUT2D eigenvalue weighted by Crippen LogP contribution is 2.10. The SMILES string of the molecule is CCN(CC)CCCNC(=O)c1ccccc1I. The molecule has 1 amide bonds. The molecule has 1 aromatic rings. The van der Waals surface area contributed by atoms with Gasteiger partial charge in [-0.3, -0.25) is 4.79 Å². The van der Waals surface area contributed by atoms with E-state index < -0.39 is 0 Å². The van der Waals surface area contributed by atoms with Crippen molar-refractivity contribution >= 4 is 28.5 Å².